The number of hydrogen-bond donors (Lipinski definition) is 0. The second kappa shape index (κ2) is 7.49. The lowest BCUT2D eigenvalue weighted by atomic mass is 10.1. The van der Waals surface area contributed by atoms with Crippen LogP contribution in [0, 0.1) is 0 Å². The zero-order valence-electron chi connectivity index (χ0n) is 14.3. The van der Waals surface area contributed by atoms with Gasteiger partial charge in [-0.25, -0.2) is 4.98 Å². The molecule has 1 amide bonds. The predicted molar refractivity (Wildman–Crippen MR) is 98.7 cm³/mol. The first-order chi connectivity index (χ1) is 12.3. The largest absolute Gasteiger partial charge is 0.345 e. The number of pyridine rings is 1. The molecular formula is C18H23N5OS. The SMILES string of the molecule is O=C([C@@H](c1cccnc1)N1CCCC1)N1CCN(c2nccs2)CC1. The summed E-state index contributed by atoms with van der Waals surface area (Å²) < 4.78 is 0. The molecule has 2 aliphatic rings. The molecule has 6 nitrogen and oxygen atoms in total. The highest BCUT2D eigenvalue weighted by Crippen LogP contribution is 2.28. The molecule has 2 saturated heterocycles. The lowest BCUT2D eigenvalue weighted by Crippen LogP contribution is -2.52. The van der Waals surface area contributed by atoms with Crippen LogP contribution in [-0.4, -0.2) is 64.9 Å². The van der Waals surface area contributed by atoms with Crippen LogP contribution in [0.5, 0.6) is 0 Å². The van der Waals surface area contributed by atoms with E-state index in [1.165, 1.54) is 12.8 Å². The lowest BCUT2D eigenvalue weighted by Gasteiger charge is -2.38. The molecule has 2 aliphatic heterocycles. The summed E-state index contributed by atoms with van der Waals surface area (Å²) in [5, 5.41) is 3.05. The molecule has 132 valence electrons. The third kappa shape index (κ3) is 3.52. The molecule has 0 unspecified atom stereocenters. The topological polar surface area (TPSA) is 52.6 Å². The van der Waals surface area contributed by atoms with Crippen molar-refractivity contribution in [2.24, 2.45) is 0 Å². The van der Waals surface area contributed by atoms with Crippen LogP contribution >= 0.6 is 11.3 Å². The average molecular weight is 357 g/mol. The molecule has 0 radical (unpaired) electrons. The Morgan fingerprint density at radius 1 is 1.08 bits per heavy atom. The number of likely N-dealkylation sites (tertiary alicyclic amines) is 1. The Hall–Kier alpha value is -1.99. The molecule has 2 aromatic rings. The Balaban J connectivity index is 1.47. The van der Waals surface area contributed by atoms with Crippen LogP contribution in [0.4, 0.5) is 5.13 Å². The Labute approximate surface area is 152 Å². The summed E-state index contributed by atoms with van der Waals surface area (Å²) >= 11 is 1.66. The molecule has 0 saturated carbocycles. The average Bonchev–Trinajstić information content (AvgIpc) is 3.37. The van der Waals surface area contributed by atoms with E-state index in [1.807, 2.05) is 34.8 Å². The van der Waals surface area contributed by atoms with E-state index >= 15 is 0 Å². The van der Waals surface area contributed by atoms with Gasteiger partial charge in [-0.05, 0) is 37.6 Å². The highest BCUT2D eigenvalue weighted by molar-refractivity contribution is 7.13. The van der Waals surface area contributed by atoms with E-state index in [4.69, 9.17) is 0 Å². The van der Waals surface area contributed by atoms with Gasteiger partial charge in [0.1, 0.15) is 6.04 Å². The number of carbonyl (C=O) groups is 1. The van der Waals surface area contributed by atoms with Crippen LogP contribution in [0.3, 0.4) is 0 Å². The Kier molecular flexibility index (Phi) is 4.94. The molecule has 7 heteroatoms. The fraction of sp³-hybridized carbons (Fsp3) is 0.500. The van der Waals surface area contributed by atoms with Gasteiger partial charge in [0.15, 0.2) is 5.13 Å². The monoisotopic (exact) mass is 357 g/mol. The van der Waals surface area contributed by atoms with Crippen LogP contribution in [-0.2, 0) is 4.79 Å². The second-order valence-electron chi connectivity index (χ2n) is 6.56. The van der Waals surface area contributed by atoms with Gasteiger partial charge in [-0.3, -0.25) is 14.7 Å². The summed E-state index contributed by atoms with van der Waals surface area (Å²) in [5.74, 6) is 0.216. The molecule has 0 bridgehead atoms. The first kappa shape index (κ1) is 16.5. The zero-order chi connectivity index (χ0) is 17.1. The van der Waals surface area contributed by atoms with Crippen molar-refractivity contribution in [3.05, 3.63) is 41.7 Å². The van der Waals surface area contributed by atoms with E-state index in [0.29, 0.717) is 0 Å². The number of hydrogen-bond acceptors (Lipinski definition) is 6. The van der Waals surface area contributed by atoms with Gasteiger partial charge in [0.2, 0.25) is 5.91 Å². The van der Waals surface area contributed by atoms with E-state index in [2.05, 4.69) is 19.8 Å². The third-order valence-corrected chi connectivity index (χ3v) is 5.85. The zero-order valence-corrected chi connectivity index (χ0v) is 15.1. The number of aromatic nitrogens is 2. The van der Waals surface area contributed by atoms with Gasteiger partial charge >= 0.3 is 0 Å². The Morgan fingerprint density at radius 2 is 1.88 bits per heavy atom. The summed E-state index contributed by atoms with van der Waals surface area (Å²) in [5.41, 5.74) is 1.01. The van der Waals surface area contributed by atoms with Gasteiger partial charge < -0.3 is 9.80 Å². The minimum atomic E-state index is -0.192. The molecule has 4 rings (SSSR count). The predicted octanol–water partition coefficient (Wildman–Crippen LogP) is 2.02. The maximum Gasteiger partial charge on any atom is 0.244 e. The van der Waals surface area contributed by atoms with Crippen molar-refractivity contribution in [1.29, 1.82) is 0 Å². The smallest absolute Gasteiger partial charge is 0.244 e. The van der Waals surface area contributed by atoms with E-state index < -0.39 is 0 Å². The molecule has 0 spiro atoms. The van der Waals surface area contributed by atoms with Crippen LogP contribution < -0.4 is 4.90 Å². The van der Waals surface area contributed by atoms with Crippen molar-refractivity contribution >= 4 is 22.4 Å². The van der Waals surface area contributed by atoms with Crippen LogP contribution in [0.25, 0.3) is 0 Å². The fourth-order valence-electron chi connectivity index (χ4n) is 3.71. The highest BCUT2D eigenvalue weighted by Gasteiger charge is 2.34. The van der Waals surface area contributed by atoms with Crippen molar-refractivity contribution in [2.45, 2.75) is 18.9 Å². The van der Waals surface area contributed by atoms with Gasteiger partial charge in [-0.15, -0.1) is 11.3 Å². The Bertz CT molecular complexity index is 679. The number of carbonyl (C=O) groups excluding carboxylic acids is 1. The second-order valence-corrected chi connectivity index (χ2v) is 7.43. The normalized spacial score (nSPS) is 20.0. The van der Waals surface area contributed by atoms with Crippen molar-refractivity contribution < 1.29 is 4.79 Å². The summed E-state index contributed by atoms with van der Waals surface area (Å²) in [4.78, 5) is 28.5. The molecule has 0 N–H and O–H groups in total. The molecule has 1 atom stereocenters. The summed E-state index contributed by atoms with van der Waals surface area (Å²) in [6, 6.07) is 3.76. The van der Waals surface area contributed by atoms with Crippen LogP contribution in [0.1, 0.15) is 24.4 Å². The van der Waals surface area contributed by atoms with Crippen LogP contribution in [0.15, 0.2) is 36.1 Å². The first-order valence-corrected chi connectivity index (χ1v) is 9.78. The van der Waals surface area contributed by atoms with Gasteiger partial charge in [0, 0.05) is 50.1 Å². The quantitative estimate of drug-likeness (QED) is 0.838. The molecule has 2 aromatic heterocycles. The number of rotatable bonds is 4. The molecule has 0 aliphatic carbocycles. The number of amides is 1. The maximum absolute atomic E-state index is 13.3. The summed E-state index contributed by atoms with van der Waals surface area (Å²) in [7, 11) is 0. The molecule has 4 heterocycles. The number of anilines is 1. The van der Waals surface area contributed by atoms with Gasteiger partial charge in [-0.1, -0.05) is 6.07 Å². The van der Waals surface area contributed by atoms with Crippen molar-refractivity contribution in [2.75, 3.05) is 44.2 Å². The summed E-state index contributed by atoms with van der Waals surface area (Å²) in [6.07, 6.45) is 7.78. The minimum absolute atomic E-state index is 0.192. The van der Waals surface area contributed by atoms with Crippen molar-refractivity contribution in [3.63, 3.8) is 0 Å². The van der Waals surface area contributed by atoms with Gasteiger partial charge in [-0.2, -0.15) is 0 Å². The maximum atomic E-state index is 13.3. The minimum Gasteiger partial charge on any atom is -0.345 e. The van der Waals surface area contributed by atoms with Gasteiger partial charge in [0.05, 0.1) is 0 Å². The molecule has 0 aromatic carbocycles. The number of nitrogens with zero attached hydrogens (tertiary/aromatic N) is 5. The number of thiazole rings is 1. The molecular weight excluding hydrogens is 334 g/mol. The van der Waals surface area contributed by atoms with E-state index in [-0.39, 0.29) is 11.9 Å². The molecule has 2 fully saturated rings. The van der Waals surface area contributed by atoms with Crippen LogP contribution in [0.2, 0.25) is 0 Å². The lowest BCUT2D eigenvalue weighted by molar-refractivity contribution is -0.137. The first-order valence-electron chi connectivity index (χ1n) is 8.90. The van der Waals surface area contributed by atoms with E-state index in [1.54, 1.807) is 17.5 Å². The third-order valence-electron chi connectivity index (χ3n) is 5.02. The Morgan fingerprint density at radius 3 is 2.52 bits per heavy atom. The van der Waals surface area contributed by atoms with E-state index in [0.717, 1.165) is 50.0 Å². The van der Waals surface area contributed by atoms with E-state index in [9.17, 15) is 4.79 Å². The fourth-order valence-corrected chi connectivity index (χ4v) is 4.41. The highest BCUT2D eigenvalue weighted by atomic mass is 32.1. The van der Waals surface area contributed by atoms with Crippen molar-refractivity contribution in [1.82, 2.24) is 19.8 Å². The van der Waals surface area contributed by atoms with Gasteiger partial charge in [0.25, 0.3) is 0 Å². The molecule has 25 heavy (non-hydrogen) atoms. The number of piperazine rings is 1. The van der Waals surface area contributed by atoms with Crippen molar-refractivity contribution in [3.8, 4) is 0 Å². The summed E-state index contributed by atoms with van der Waals surface area (Å²) in [6.45, 7) is 5.18. The standard InChI is InChI=1S/C18H23N5OS/c24-17(22-9-11-23(12-10-22)18-20-6-13-25-18)16(21-7-1-2-8-21)15-4-3-5-19-14-15/h3-6,13-14,16H,1-2,7-12H2/t16-/m1/s1.